The van der Waals surface area contributed by atoms with Crippen LogP contribution in [0, 0.1) is 16.7 Å². The maximum absolute atomic E-state index is 9.63. The van der Waals surface area contributed by atoms with Gasteiger partial charge in [0.05, 0.1) is 23.9 Å². The van der Waals surface area contributed by atoms with E-state index in [1.165, 1.54) is 29.8 Å². The summed E-state index contributed by atoms with van der Waals surface area (Å²) < 4.78 is 0. The van der Waals surface area contributed by atoms with E-state index in [1.54, 1.807) is 18.2 Å². The van der Waals surface area contributed by atoms with Gasteiger partial charge in [-0.15, -0.1) is 0 Å². The molecule has 0 fully saturated rings. The van der Waals surface area contributed by atoms with Crippen molar-refractivity contribution in [3.8, 4) is 11.8 Å². The summed E-state index contributed by atoms with van der Waals surface area (Å²) in [5, 5.41) is 27.2. The number of benzene rings is 1. The summed E-state index contributed by atoms with van der Waals surface area (Å²) in [6.07, 6.45) is 8.51. The zero-order valence-electron chi connectivity index (χ0n) is 15.6. The predicted octanol–water partition coefficient (Wildman–Crippen LogP) is 4.76. The first-order chi connectivity index (χ1) is 13.0. The number of hydrogen-bond acceptors (Lipinski definition) is 5. The largest absolute Gasteiger partial charge is 0.508 e. The maximum Gasteiger partial charge on any atom is 0.116 e. The summed E-state index contributed by atoms with van der Waals surface area (Å²) in [5.74, 6) is 1.05. The molecule has 0 radical (unpaired) electrons. The Bertz CT molecular complexity index is 915. The Kier molecular flexibility index (Phi) is 5.56. The van der Waals surface area contributed by atoms with E-state index in [0.29, 0.717) is 23.4 Å². The van der Waals surface area contributed by atoms with Crippen molar-refractivity contribution < 1.29 is 5.11 Å². The molecule has 0 saturated carbocycles. The summed E-state index contributed by atoms with van der Waals surface area (Å²) in [6.45, 7) is 6.74. The number of rotatable bonds is 5. The molecule has 0 amide bonds. The van der Waals surface area contributed by atoms with Gasteiger partial charge in [-0.1, -0.05) is 19.6 Å². The molecule has 1 aliphatic heterocycles. The van der Waals surface area contributed by atoms with E-state index in [4.69, 9.17) is 10.4 Å². The van der Waals surface area contributed by atoms with E-state index >= 15 is 0 Å². The SMILES string of the molecule is C=C1C2=C(CCCC2)N=C(CC)N1CC(=N)C=Cc1cc(O)ccc1C#N. The maximum atomic E-state index is 9.63. The molecule has 1 aromatic rings. The lowest BCUT2D eigenvalue weighted by molar-refractivity contribution is 0.475. The van der Waals surface area contributed by atoms with Crippen molar-refractivity contribution in [1.29, 1.82) is 10.7 Å². The van der Waals surface area contributed by atoms with Crippen molar-refractivity contribution >= 4 is 17.6 Å². The molecule has 1 heterocycles. The average Bonchev–Trinajstić information content (AvgIpc) is 2.68. The second-order valence-electron chi connectivity index (χ2n) is 6.79. The van der Waals surface area contributed by atoms with Gasteiger partial charge in [0, 0.05) is 17.8 Å². The molecule has 27 heavy (non-hydrogen) atoms. The van der Waals surface area contributed by atoms with E-state index in [9.17, 15) is 10.4 Å². The fourth-order valence-corrected chi connectivity index (χ4v) is 3.52. The molecule has 0 atom stereocenters. The second-order valence-corrected chi connectivity index (χ2v) is 6.79. The van der Waals surface area contributed by atoms with Crippen molar-refractivity contribution in [2.24, 2.45) is 4.99 Å². The Morgan fingerprint density at radius 3 is 2.93 bits per heavy atom. The van der Waals surface area contributed by atoms with Crippen LogP contribution >= 0.6 is 0 Å². The van der Waals surface area contributed by atoms with Crippen LogP contribution in [-0.4, -0.2) is 28.1 Å². The van der Waals surface area contributed by atoms with E-state index in [-0.39, 0.29) is 5.75 Å². The highest BCUT2D eigenvalue weighted by Gasteiger charge is 2.26. The highest BCUT2D eigenvalue weighted by atomic mass is 16.3. The van der Waals surface area contributed by atoms with Crippen molar-refractivity contribution in [3.63, 3.8) is 0 Å². The topological polar surface area (TPSA) is 83.5 Å². The van der Waals surface area contributed by atoms with Gasteiger partial charge in [-0.05, 0) is 61.1 Å². The Hall–Kier alpha value is -3.13. The van der Waals surface area contributed by atoms with Gasteiger partial charge in [0.25, 0.3) is 0 Å². The van der Waals surface area contributed by atoms with Gasteiger partial charge in [0.2, 0.25) is 0 Å². The molecule has 1 aromatic carbocycles. The highest BCUT2D eigenvalue weighted by molar-refractivity contribution is 6.01. The Labute approximate surface area is 160 Å². The number of aliphatic imine (C=N–C) groups is 1. The number of allylic oxidation sites excluding steroid dienone is 2. The average molecular weight is 360 g/mol. The molecule has 2 aliphatic rings. The van der Waals surface area contributed by atoms with Gasteiger partial charge in [-0.25, -0.2) is 4.99 Å². The van der Waals surface area contributed by atoms with Crippen LogP contribution in [0.25, 0.3) is 6.08 Å². The Morgan fingerprint density at radius 2 is 2.19 bits per heavy atom. The van der Waals surface area contributed by atoms with E-state index in [0.717, 1.165) is 37.2 Å². The van der Waals surface area contributed by atoms with Crippen molar-refractivity contribution in [2.75, 3.05) is 6.54 Å². The Balaban J connectivity index is 1.77. The number of hydrogen-bond donors (Lipinski definition) is 2. The van der Waals surface area contributed by atoms with E-state index < -0.39 is 0 Å². The number of nitriles is 1. The third-order valence-corrected chi connectivity index (χ3v) is 4.95. The van der Waals surface area contributed by atoms with Crippen LogP contribution in [0.2, 0.25) is 0 Å². The van der Waals surface area contributed by atoms with E-state index in [2.05, 4.69) is 19.6 Å². The summed E-state index contributed by atoms with van der Waals surface area (Å²) >= 11 is 0. The normalized spacial score (nSPS) is 17.0. The van der Waals surface area contributed by atoms with Crippen molar-refractivity contribution in [2.45, 2.75) is 39.0 Å². The molecule has 0 unspecified atom stereocenters. The lowest BCUT2D eigenvalue weighted by atomic mass is 9.92. The third kappa shape index (κ3) is 4.01. The Morgan fingerprint density at radius 1 is 1.41 bits per heavy atom. The highest BCUT2D eigenvalue weighted by Crippen LogP contribution is 2.35. The number of phenolic OH excluding ortho intramolecular Hbond substituents is 1. The van der Waals surface area contributed by atoms with Crippen LogP contribution in [-0.2, 0) is 0 Å². The summed E-state index contributed by atoms with van der Waals surface area (Å²) in [7, 11) is 0. The van der Waals surface area contributed by atoms with Gasteiger partial charge in [-0.3, -0.25) is 0 Å². The zero-order valence-corrected chi connectivity index (χ0v) is 15.6. The summed E-state index contributed by atoms with van der Waals surface area (Å²) in [6, 6.07) is 6.69. The van der Waals surface area contributed by atoms with Crippen LogP contribution in [0.1, 0.15) is 50.2 Å². The second kappa shape index (κ2) is 8.05. The van der Waals surface area contributed by atoms with Gasteiger partial charge in [-0.2, -0.15) is 5.26 Å². The first-order valence-electron chi connectivity index (χ1n) is 9.28. The van der Waals surface area contributed by atoms with Crippen LogP contribution in [0.5, 0.6) is 5.75 Å². The first-order valence-corrected chi connectivity index (χ1v) is 9.28. The molecule has 0 spiro atoms. The molecule has 3 rings (SSSR count). The van der Waals surface area contributed by atoms with Crippen molar-refractivity contribution in [3.05, 3.63) is 58.9 Å². The molecule has 5 heteroatoms. The number of aromatic hydroxyl groups is 1. The lowest BCUT2D eigenvalue weighted by Gasteiger charge is -2.35. The van der Waals surface area contributed by atoms with Gasteiger partial charge < -0.3 is 15.4 Å². The molecule has 5 nitrogen and oxygen atoms in total. The minimum absolute atomic E-state index is 0.0988. The number of nitrogens with zero attached hydrogens (tertiary/aromatic N) is 3. The zero-order chi connectivity index (χ0) is 19.4. The summed E-state index contributed by atoms with van der Waals surface area (Å²) in [4.78, 5) is 6.86. The minimum atomic E-state index is 0.0988. The molecule has 0 aromatic heterocycles. The smallest absolute Gasteiger partial charge is 0.116 e. The van der Waals surface area contributed by atoms with E-state index in [1.807, 2.05) is 4.90 Å². The lowest BCUT2D eigenvalue weighted by Crippen LogP contribution is -2.37. The van der Waals surface area contributed by atoms with Crippen molar-refractivity contribution in [1.82, 2.24) is 4.90 Å². The van der Waals surface area contributed by atoms with Crippen LogP contribution in [0.15, 0.2) is 52.8 Å². The molecule has 2 N–H and O–H groups in total. The van der Waals surface area contributed by atoms with Gasteiger partial charge in [0.15, 0.2) is 0 Å². The van der Waals surface area contributed by atoms with Crippen LogP contribution in [0.4, 0.5) is 0 Å². The molecular weight excluding hydrogens is 336 g/mol. The quantitative estimate of drug-likeness (QED) is 0.742. The standard InChI is InChI=1S/C22H24N4O/c1-3-22-25-21-7-5-4-6-20(21)15(2)26(22)14-18(24)10-8-16-12-19(27)11-9-17(16)13-23/h8-12,24,27H,2-7,14H2,1H3. The molecule has 1 aliphatic carbocycles. The first kappa shape index (κ1) is 18.7. The summed E-state index contributed by atoms with van der Waals surface area (Å²) in [5.41, 5.74) is 4.82. The molecule has 138 valence electrons. The number of amidine groups is 1. The number of nitrogens with one attached hydrogen (secondary N) is 1. The minimum Gasteiger partial charge on any atom is -0.508 e. The monoisotopic (exact) mass is 360 g/mol. The fourth-order valence-electron chi connectivity index (χ4n) is 3.52. The molecule has 0 saturated heterocycles. The van der Waals surface area contributed by atoms with Crippen LogP contribution < -0.4 is 0 Å². The molecular formula is C22H24N4O. The van der Waals surface area contributed by atoms with Crippen LogP contribution in [0.3, 0.4) is 0 Å². The fraction of sp³-hybridized carbons (Fsp3) is 0.318. The third-order valence-electron chi connectivity index (χ3n) is 4.95. The predicted molar refractivity (Wildman–Crippen MR) is 109 cm³/mol. The van der Waals surface area contributed by atoms with Gasteiger partial charge in [0.1, 0.15) is 11.6 Å². The number of phenols is 1. The molecule has 0 bridgehead atoms. The van der Waals surface area contributed by atoms with Gasteiger partial charge >= 0.3 is 0 Å².